The van der Waals surface area contributed by atoms with Gasteiger partial charge in [-0.2, -0.15) is 0 Å². The van der Waals surface area contributed by atoms with E-state index < -0.39 is 10.9 Å². The Bertz CT molecular complexity index is 567. The lowest BCUT2D eigenvalue weighted by molar-refractivity contribution is -0.386. The van der Waals surface area contributed by atoms with Crippen molar-refractivity contribution in [2.45, 2.75) is 26.2 Å². The predicted octanol–water partition coefficient (Wildman–Crippen LogP) is 3.27. The first-order valence-electron chi connectivity index (χ1n) is 6.89. The van der Waals surface area contributed by atoms with Gasteiger partial charge >= 0.3 is 11.7 Å². The van der Waals surface area contributed by atoms with Gasteiger partial charge in [0.2, 0.25) is 5.75 Å². The second kappa shape index (κ2) is 8.66. The molecule has 0 amide bonds. The van der Waals surface area contributed by atoms with Crippen molar-refractivity contribution in [3.63, 3.8) is 0 Å². The molecule has 22 heavy (non-hydrogen) atoms. The number of carbonyl (C=O) groups is 1. The molecule has 0 saturated heterocycles. The van der Waals surface area contributed by atoms with Gasteiger partial charge in [-0.15, -0.1) is 0 Å². The van der Waals surface area contributed by atoms with Crippen molar-refractivity contribution in [1.82, 2.24) is 0 Å². The van der Waals surface area contributed by atoms with Gasteiger partial charge in [0.1, 0.15) is 0 Å². The molecule has 0 aliphatic heterocycles. The van der Waals surface area contributed by atoms with Crippen molar-refractivity contribution in [1.29, 1.82) is 0 Å². The summed E-state index contributed by atoms with van der Waals surface area (Å²) in [5.74, 6) is -0.867. The minimum absolute atomic E-state index is 0.0658. The SMILES string of the molecule is CCCCCOc1c(OC)cc(/C=C/C(=O)O)cc1[N+](=O)[O-]. The molecule has 120 valence electrons. The number of aliphatic carboxylic acids is 1. The fraction of sp³-hybridized carbons (Fsp3) is 0.400. The van der Waals surface area contributed by atoms with Crippen LogP contribution in [0.1, 0.15) is 31.7 Å². The van der Waals surface area contributed by atoms with E-state index in [0.29, 0.717) is 12.2 Å². The number of hydrogen-bond donors (Lipinski definition) is 1. The lowest BCUT2D eigenvalue weighted by Gasteiger charge is -2.11. The van der Waals surface area contributed by atoms with E-state index in [9.17, 15) is 14.9 Å². The molecule has 0 heterocycles. The van der Waals surface area contributed by atoms with E-state index in [1.165, 1.54) is 25.3 Å². The van der Waals surface area contributed by atoms with E-state index in [1.54, 1.807) is 0 Å². The average molecular weight is 309 g/mol. The number of nitro groups is 1. The third-order valence-electron chi connectivity index (χ3n) is 2.89. The van der Waals surface area contributed by atoms with E-state index in [-0.39, 0.29) is 17.2 Å². The van der Waals surface area contributed by atoms with Crippen molar-refractivity contribution >= 4 is 17.7 Å². The minimum atomic E-state index is -1.14. The number of hydrogen-bond acceptors (Lipinski definition) is 5. The monoisotopic (exact) mass is 309 g/mol. The van der Waals surface area contributed by atoms with Crippen LogP contribution in [0.5, 0.6) is 11.5 Å². The van der Waals surface area contributed by atoms with Gasteiger partial charge in [0.05, 0.1) is 18.6 Å². The number of carboxylic acids is 1. The number of methoxy groups -OCH3 is 1. The highest BCUT2D eigenvalue weighted by Crippen LogP contribution is 2.38. The molecule has 1 rings (SSSR count). The number of rotatable bonds is 9. The van der Waals surface area contributed by atoms with Gasteiger partial charge < -0.3 is 14.6 Å². The molecule has 0 spiro atoms. The molecule has 0 saturated carbocycles. The van der Waals surface area contributed by atoms with Crippen LogP contribution in [0.3, 0.4) is 0 Å². The van der Waals surface area contributed by atoms with Gasteiger partial charge in [-0.05, 0) is 24.1 Å². The highest BCUT2D eigenvalue weighted by atomic mass is 16.6. The molecule has 7 nitrogen and oxygen atoms in total. The molecule has 0 aliphatic rings. The van der Waals surface area contributed by atoms with Crippen molar-refractivity contribution in [2.24, 2.45) is 0 Å². The maximum absolute atomic E-state index is 11.2. The average Bonchev–Trinajstić information content (AvgIpc) is 2.49. The first-order chi connectivity index (χ1) is 10.5. The Morgan fingerprint density at radius 3 is 2.68 bits per heavy atom. The van der Waals surface area contributed by atoms with Crippen molar-refractivity contribution in [3.05, 3.63) is 33.9 Å². The zero-order valence-corrected chi connectivity index (χ0v) is 12.6. The second-order valence-corrected chi connectivity index (χ2v) is 4.56. The Hall–Kier alpha value is -2.57. The third-order valence-corrected chi connectivity index (χ3v) is 2.89. The van der Waals surface area contributed by atoms with Crippen LogP contribution in [-0.4, -0.2) is 29.7 Å². The molecule has 0 bridgehead atoms. The van der Waals surface area contributed by atoms with Crippen LogP contribution in [0.4, 0.5) is 5.69 Å². The normalized spacial score (nSPS) is 10.6. The fourth-order valence-corrected chi connectivity index (χ4v) is 1.83. The topological polar surface area (TPSA) is 98.9 Å². The Morgan fingerprint density at radius 2 is 2.14 bits per heavy atom. The zero-order chi connectivity index (χ0) is 16.5. The summed E-state index contributed by atoms with van der Waals surface area (Å²) in [4.78, 5) is 21.2. The molecule has 0 atom stereocenters. The molecule has 0 aliphatic carbocycles. The summed E-state index contributed by atoms with van der Waals surface area (Å²) in [6.45, 7) is 2.40. The minimum Gasteiger partial charge on any atom is -0.493 e. The third kappa shape index (κ3) is 5.08. The molecule has 0 radical (unpaired) electrons. The van der Waals surface area contributed by atoms with E-state index in [4.69, 9.17) is 14.6 Å². The lowest BCUT2D eigenvalue weighted by atomic mass is 10.1. The van der Waals surface area contributed by atoms with E-state index >= 15 is 0 Å². The highest BCUT2D eigenvalue weighted by molar-refractivity contribution is 5.85. The van der Waals surface area contributed by atoms with Crippen LogP contribution in [-0.2, 0) is 4.79 Å². The number of ether oxygens (including phenoxy) is 2. The van der Waals surface area contributed by atoms with E-state index in [2.05, 4.69) is 0 Å². The van der Waals surface area contributed by atoms with Gasteiger partial charge in [-0.25, -0.2) is 4.79 Å². The van der Waals surface area contributed by atoms with Gasteiger partial charge in [0.25, 0.3) is 0 Å². The summed E-state index contributed by atoms with van der Waals surface area (Å²) < 4.78 is 10.6. The summed E-state index contributed by atoms with van der Waals surface area (Å²) in [6, 6.07) is 2.76. The Morgan fingerprint density at radius 1 is 1.41 bits per heavy atom. The van der Waals surface area contributed by atoms with Crippen LogP contribution in [0.15, 0.2) is 18.2 Å². The van der Waals surface area contributed by atoms with Gasteiger partial charge in [0.15, 0.2) is 5.75 Å². The molecule has 1 aromatic rings. The van der Waals surface area contributed by atoms with E-state index in [1.807, 2.05) is 6.92 Å². The van der Waals surface area contributed by atoms with Crippen molar-refractivity contribution < 1.29 is 24.3 Å². The lowest BCUT2D eigenvalue weighted by Crippen LogP contribution is -2.03. The number of benzene rings is 1. The summed E-state index contributed by atoms with van der Waals surface area (Å²) in [7, 11) is 1.38. The van der Waals surface area contributed by atoms with Crippen LogP contribution in [0, 0.1) is 10.1 Å². The summed E-state index contributed by atoms with van der Waals surface area (Å²) in [5, 5.41) is 19.8. The largest absolute Gasteiger partial charge is 0.493 e. The van der Waals surface area contributed by atoms with Gasteiger partial charge in [-0.3, -0.25) is 10.1 Å². The Labute approximate surface area is 128 Å². The molecule has 0 fully saturated rings. The molecule has 0 aromatic heterocycles. The maximum atomic E-state index is 11.2. The predicted molar refractivity (Wildman–Crippen MR) is 81.3 cm³/mol. The zero-order valence-electron chi connectivity index (χ0n) is 12.6. The Balaban J connectivity index is 3.12. The number of nitro benzene ring substituents is 1. The van der Waals surface area contributed by atoms with Gasteiger partial charge in [0, 0.05) is 12.1 Å². The Kier molecular flexibility index (Phi) is 6.88. The van der Waals surface area contributed by atoms with Crippen molar-refractivity contribution in [2.75, 3.05) is 13.7 Å². The number of nitrogens with zero attached hydrogens (tertiary/aromatic N) is 1. The number of unbranched alkanes of at least 4 members (excludes halogenated alkanes) is 2. The van der Waals surface area contributed by atoms with Crippen LogP contribution < -0.4 is 9.47 Å². The molecule has 0 unspecified atom stereocenters. The standard InChI is InChI=1S/C15H19NO6/c1-3-4-5-8-22-15-12(16(19)20)9-11(6-7-14(17)18)10-13(15)21-2/h6-7,9-10H,3-5,8H2,1-2H3,(H,17,18)/b7-6+. The summed E-state index contributed by atoms with van der Waals surface area (Å²) in [5.41, 5.74) is 0.104. The van der Waals surface area contributed by atoms with Crippen LogP contribution in [0.2, 0.25) is 0 Å². The second-order valence-electron chi connectivity index (χ2n) is 4.56. The first-order valence-corrected chi connectivity index (χ1v) is 6.89. The van der Waals surface area contributed by atoms with Crippen molar-refractivity contribution in [3.8, 4) is 11.5 Å². The first kappa shape index (κ1) is 17.5. The van der Waals surface area contributed by atoms with Crippen LogP contribution in [0.25, 0.3) is 6.08 Å². The smallest absolute Gasteiger partial charge is 0.328 e. The highest BCUT2D eigenvalue weighted by Gasteiger charge is 2.21. The quantitative estimate of drug-likeness (QED) is 0.325. The van der Waals surface area contributed by atoms with Gasteiger partial charge in [-0.1, -0.05) is 19.8 Å². The fourth-order valence-electron chi connectivity index (χ4n) is 1.83. The molecule has 7 heteroatoms. The number of carboxylic acid groups (broad SMARTS) is 1. The molecular weight excluding hydrogens is 290 g/mol. The molecule has 1 N–H and O–H groups in total. The summed E-state index contributed by atoms with van der Waals surface area (Å²) in [6.07, 6.45) is 4.94. The molecular formula is C15H19NO6. The maximum Gasteiger partial charge on any atom is 0.328 e. The van der Waals surface area contributed by atoms with Crippen LogP contribution >= 0.6 is 0 Å². The summed E-state index contributed by atoms with van der Waals surface area (Å²) >= 11 is 0. The molecule has 1 aromatic carbocycles. The van der Waals surface area contributed by atoms with E-state index in [0.717, 1.165) is 25.3 Å².